The predicted octanol–water partition coefficient (Wildman–Crippen LogP) is 3.23. The third-order valence-corrected chi connectivity index (χ3v) is 6.43. The zero-order chi connectivity index (χ0) is 21.9. The highest BCUT2D eigenvalue weighted by Crippen LogP contribution is 2.29. The van der Waals surface area contributed by atoms with E-state index < -0.39 is 0 Å². The van der Waals surface area contributed by atoms with E-state index in [0.717, 1.165) is 53.5 Å². The van der Waals surface area contributed by atoms with Crippen LogP contribution in [0.15, 0.2) is 65.2 Å². The van der Waals surface area contributed by atoms with Crippen molar-refractivity contribution in [3.05, 3.63) is 60.7 Å². The summed E-state index contributed by atoms with van der Waals surface area (Å²) in [6, 6.07) is 11.6. The maximum absolute atomic E-state index is 12.9. The van der Waals surface area contributed by atoms with Crippen LogP contribution in [0.5, 0.6) is 0 Å². The highest BCUT2D eigenvalue weighted by molar-refractivity contribution is 7.99. The SMILES string of the molecule is Cc1cc(Sc2ncccn2)ccc1NC(=O)C1CCN(c2ccc3nncn3n2)CC1. The lowest BCUT2D eigenvalue weighted by atomic mass is 9.95. The Labute approximate surface area is 189 Å². The zero-order valence-corrected chi connectivity index (χ0v) is 18.4. The standard InChI is InChI=1S/C22H22N8OS/c1-15-13-17(32-22-23-9-2-10-24-22)3-4-18(15)26-21(31)16-7-11-29(12-8-16)20-6-5-19-27-25-14-30(19)28-20/h2-6,9-10,13-14,16H,7-8,11-12H2,1H3,(H,26,31). The van der Waals surface area contributed by atoms with E-state index in [4.69, 9.17) is 0 Å². The molecule has 0 spiro atoms. The number of rotatable bonds is 5. The average Bonchev–Trinajstić information content (AvgIpc) is 3.29. The van der Waals surface area contributed by atoms with Gasteiger partial charge in [0.2, 0.25) is 5.91 Å². The molecule has 5 rings (SSSR count). The van der Waals surface area contributed by atoms with Crippen molar-refractivity contribution in [2.45, 2.75) is 29.8 Å². The fourth-order valence-corrected chi connectivity index (χ4v) is 4.59. The molecule has 0 radical (unpaired) electrons. The Bertz CT molecular complexity index is 1240. The summed E-state index contributed by atoms with van der Waals surface area (Å²) in [6.45, 7) is 3.57. The molecule has 0 unspecified atom stereocenters. The number of fused-ring (bicyclic) bond motifs is 1. The van der Waals surface area contributed by atoms with Crippen LogP contribution in [0.2, 0.25) is 0 Å². The first-order chi connectivity index (χ1) is 15.7. The molecule has 10 heteroatoms. The zero-order valence-electron chi connectivity index (χ0n) is 17.5. The van der Waals surface area contributed by atoms with E-state index in [1.54, 1.807) is 29.3 Å². The Morgan fingerprint density at radius 1 is 1.12 bits per heavy atom. The molecule has 4 heterocycles. The van der Waals surface area contributed by atoms with Gasteiger partial charge in [0.25, 0.3) is 0 Å². The van der Waals surface area contributed by atoms with E-state index in [0.29, 0.717) is 5.16 Å². The van der Waals surface area contributed by atoms with Crippen LogP contribution in [0.4, 0.5) is 11.5 Å². The van der Waals surface area contributed by atoms with Crippen molar-refractivity contribution in [1.82, 2.24) is 29.8 Å². The van der Waals surface area contributed by atoms with Crippen LogP contribution in [0.1, 0.15) is 18.4 Å². The van der Waals surface area contributed by atoms with E-state index in [1.165, 1.54) is 11.8 Å². The highest BCUT2D eigenvalue weighted by atomic mass is 32.2. The Hall–Kier alpha value is -3.53. The molecule has 4 aromatic rings. The van der Waals surface area contributed by atoms with Gasteiger partial charge >= 0.3 is 0 Å². The van der Waals surface area contributed by atoms with Crippen LogP contribution in [0.3, 0.4) is 0 Å². The maximum Gasteiger partial charge on any atom is 0.227 e. The lowest BCUT2D eigenvalue weighted by Crippen LogP contribution is -2.38. The summed E-state index contributed by atoms with van der Waals surface area (Å²) in [7, 11) is 0. The Morgan fingerprint density at radius 2 is 1.94 bits per heavy atom. The molecule has 0 aliphatic carbocycles. The lowest BCUT2D eigenvalue weighted by molar-refractivity contribution is -0.120. The largest absolute Gasteiger partial charge is 0.355 e. The van der Waals surface area contributed by atoms with Crippen molar-refractivity contribution in [2.75, 3.05) is 23.3 Å². The molecule has 1 aliphatic rings. The molecule has 1 saturated heterocycles. The number of aromatic nitrogens is 6. The summed E-state index contributed by atoms with van der Waals surface area (Å²) in [4.78, 5) is 24.6. The predicted molar refractivity (Wildman–Crippen MR) is 122 cm³/mol. The second-order valence-corrected chi connectivity index (χ2v) is 8.73. The molecule has 1 aliphatic heterocycles. The topological polar surface area (TPSA) is 101 Å². The summed E-state index contributed by atoms with van der Waals surface area (Å²) in [5.74, 6) is 0.931. The quantitative estimate of drug-likeness (QED) is 0.466. The molecule has 1 aromatic carbocycles. The van der Waals surface area contributed by atoms with E-state index in [-0.39, 0.29) is 11.8 Å². The van der Waals surface area contributed by atoms with E-state index in [9.17, 15) is 4.79 Å². The second-order valence-electron chi connectivity index (χ2n) is 7.69. The van der Waals surface area contributed by atoms with Gasteiger partial charge in [0.05, 0.1) is 0 Å². The van der Waals surface area contributed by atoms with Crippen molar-refractivity contribution < 1.29 is 4.79 Å². The number of benzene rings is 1. The van der Waals surface area contributed by atoms with Crippen LogP contribution in [-0.2, 0) is 4.79 Å². The maximum atomic E-state index is 12.9. The summed E-state index contributed by atoms with van der Waals surface area (Å²) in [5.41, 5.74) is 2.58. The summed E-state index contributed by atoms with van der Waals surface area (Å²) in [6.07, 6.45) is 6.62. The van der Waals surface area contributed by atoms with Gasteiger partial charge in [0, 0.05) is 42.0 Å². The van der Waals surface area contributed by atoms with Gasteiger partial charge in [-0.05, 0) is 73.5 Å². The van der Waals surface area contributed by atoms with Crippen LogP contribution in [-0.4, -0.2) is 48.8 Å². The van der Waals surface area contributed by atoms with Crippen molar-refractivity contribution in [2.24, 2.45) is 5.92 Å². The van der Waals surface area contributed by atoms with Gasteiger partial charge < -0.3 is 10.2 Å². The second kappa shape index (κ2) is 8.91. The summed E-state index contributed by atoms with van der Waals surface area (Å²) < 4.78 is 1.67. The smallest absolute Gasteiger partial charge is 0.227 e. The minimum absolute atomic E-state index is 0.0175. The van der Waals surface area contributed by atoms with Crippen molar-refractivity contribution in [3.63, 3.8) is 0 Å². The van der Waals surface area contributed by atoms with Gasteiger partial charge in [-0.15, -0.1) is 15.3 Å². The van der Waals surface area contributed by atoms with Crippen LogP contribution < -0.4 is 10.2 Å². The van der Waals surface area contributed by atoms with E-state index in [1.807, 2.05) is 37.3 Å². The Balaban J connectivity index is 1.18. The number of hydrogen-bond acceptors (Lipinski definition) is 8. The number of anilines is 2. The molecular weight excluding hydrogens is 424 g/mol. The molecule has 1 fully saturated rings. The Kier molecular flexibility index (Phi) is 5.68. The Morgan fingerprint density at radius 3 is 2.72 bits per heavy atom. The van der Waals surface area contributed by atoms with Gasteiger partial charge in [-0.25, -0.2) is 9.97 Å². The third-order valence-electron chi connectivity index (χ3n) is 5.54. The third kappa shape index (κ3) is 4.40. The summed E-state index contributed by atoms with van der Waals surface area (Å²) >= 11 is 1.50. The number of nitrogens with zero attached hydrogens (tertiary/aromatic N) is 7. The number of carbonyl (C=O) groups is 1. The minimum Gasteiger partial charge on any atom is -0.355 e. The molecule has 162 valence electrons. The monoisotopic (exact) mass is 446 g/mol. The van der Waals surface area contributed by atoms with Crippen molar-refractivity contribution in [3.8, 4) is 0 Å². The number of carbonyl (C=O) groups excluding carboxylic acids is 1. The molecular formula is C22H22N8OS. The van der Waals surface area contributed by atoms with Gasteiger partial charge in [-0.2, -0.15) is 4.52 Å². The number of aryl methyl sites for hydroxylation is 1. The first-order valence-electron chi connectivity index (χ1n) is 10.4. The van der Waals surface area contributed by atoms with Crippen LogP contribution in [0, 0.1) is 12.8 Å². The van der Waals surface area contributed by atoms with Crippen molar-refractivity contribution in [1.29, 1.82) is 0 Å². The molecule has 0 saturated carbocycles. The molecule has 32 heavy (non-hydrogen) atoms. The fraction of sp³-hybridized carbons (Fsp3) is 0.273. The number of piperidine rings is 1. The van der Waals surface area contributed by atoms with Crippen LogP contribution in [0.25, 0.3) is 5.65 Å². The number of hydrogen-bond donors (Lipinski definition) is 1. The first-order valence-corrected chi connectivity index (χ1v) is 11.3. The van der Waals surface area contributed by atoms with Crippen LogP contribution >= 0.6 is 11.8 Å². The average molecular weight is 447 g/mol. The van der Waals surface area contributed by atoms with Gasteiger partial charge in [0.15, 0.2) is 10.8 Å². The molecule has 9 nitrogen and oxygen atoms in total. The normalized spacial score (nSPS) is 14.6. The molecule has 0 atom stereocenters. The van der Waals surface area contributed by atoms with Gasteiger partial charge in [-0.3, -0.25) is 4.79 Å². The molecule has 0 bridgehead atoms. The lowest BCUT2D eigenvalue weighted by Gasteiger charge is -2.32. The number of amides is 1. The van der Waals surface area contributed by atoms with Gasteiger partial charge in [-0.1, -0.05) is 0 Å². The molecule has 1 N–H and O–H groups in total. The van der Waals surface area contributed by atoms with E-state index in [2.05, 4.69) is 35.5 Å². The summed E-state index contributed by atoms with van der Waals surface area (Å²) in [5, 5.41) is 16.2. The fourth-order valence-electron chi connectivity index (χ4n) is 3.78. The highest BCUT2D eigenvalue weighted by Gasteiger charge is 2.26. The minimum atomic E-state index is -0.0175. The molecule has 3 aromatic heterocycles. The van der Waals surface area contributed by atoms with Crippen molar-refractivity contribution >= 4 is 34.8 Å². The molecule has 1 amide bonds. The van der Waals surface area contributed by atoms with E-state index >= 15 is 0 Å². The first kappa shape index (κ1) is 20.4. The van der Waals surface area contributed by atoms with Gasteiger partial charge in [0.1, 0.15) is 12.1 Å². The number of nitrogens with one attached hydrogen (secondary N) is 1.